The molecule has 26 heavy (non-hydrogen) atoms. The summed E-state index contributed by atoms with van der Waals surface area (Å²) in [4.78, 5) is 40.5. The number of pyridine rings is 1. The van der Waals surface area contributed by atoms with Crippen LogP contribution in [0.1, 0.15) is 18.4 Å². The molecule has 0 saturated carbocycles. The molecule has 0 unspecified atom stereocenters. The summed E-state index contributed by atoms with van der Waals surface area (Å²) in [5, 5.41) is 3.05. The number of anilines is 1. The molecule has 0 fully saturated rings. The second kappa shape index (κ2) is 7.35. The van der Waals surface area contributed by atoms with Crippen LogP contribution in [0.25, 0.3) is 11.0 Å². The van der Waals surface area contributed by atoms with Crippen LogP contribution in [0.15, 0.2) is 52.2 Å². The van der Waals surface area contributed by atoms with Gasteiger partial charge in [-0.15, -0.1) is 0 Å². The Bertz CT molecular complexity index is 1070. The van der Waals surface area contributed by atoms with E-state index in [1.54, 1.807) is 13.1 Å². The van der Waals surface area contributed by atoms with Crippen molar-refractivity contribution in [3.05, 3.63) is 69.0 Å². The molecule has 7 nitrogen and oxygen atoms in total. The number of carbonyl (C=O) groups is 1. The van der Waals surface area contributed by atoms with Crippen molar-refractivity contribution in [2.45, 2.75) is 19.3 Å². The van der Waals surface area contributed by atoms with E-state index in [4.69, 9.17) is 0 Å². The van der Waals surface area contributed by atoms with Crippen molar-refractivity contribution in [3.63, 3.8) is 0 Å². The van der Waals surface area contributed by atoms with Crippen molar-refractivity contribution >= 4 is 22.6 Å². The lowest BCUT2D eigenvalue weighted by Gasteiger charge is -2.09. The number of nitrogens with one attached hydrogen (secondary N) is 1. The zero-order chi connectivity index (χ0) is 18.7. The largest absolute Gasteiger partial charge is 0.332 e. The smallest absolute Gasteiger partial charge is 0.325 e. The molecule has 0 aliphatic rings. The number of amides is 1. The summed E-state index contributed by atoms with van der Waals surface area (Å²) in [6.45, 7) is 0. The monoisotopic (exact) mass is 352 g/mol. The third-order valence-electron chi connectivity index (χ3n) is 4.29. The summed E-state index contributed by atoms with van der Waals surface area (Å²) < 4.78 is 2.33. The van der Waals surface area contributed by atoms with Gasteiger partial charge in [-0.3, -0.25) is 18.7 Å². The topological polar surface area (TPSA) is 86.0 Å². The normalized spacial score (nSPS) is 10.8. The van der Waals surface area contributed by atoms with Gasteiger partial charge in [-0.25, -0.2) is 9.78 Å². The van der Waals surface area contributed by atoms with Gasteiger partial charge in [0.2, 0.25) is 5.91 Å². The van der Waals surface area contributed by atoms with Crippen molar-refractivity contribution in [3.8, 4) is 0 Å². The second-order valence-corrected chi connectivity index (χ2v) is 6.19. The SMILES string of the molecule is Cn1c(=O)c2cc(NC(=O)CCCc3ccccc3)cnc2n(C)c1=O. The lowest BCUT2D eigenvalue weighted by molar-refractivity contribution is -0.116. The van der Waals surface area contributed by atoms with Crippen molar-refractivity contribution in [2.24, 2.45) is 14.1 Å². The van der Waals surface area contributed by atoms with E-state index in [1.807, 2.05) is 30.3 Å². The molecule has 0 radical (unpaired) electrons. The van der Waals surface area contributed by atoms with E-state index >= 15 is 0 Å². The van der Waals surface area contributed by atoms with Crippen LogP contribution >= 0.6 is 0 Å². The maximum atomic E-state index is 12.3. The van der Waals surface area contributed by atoms with Crippen LogP contribution in [0.2, 0.25) is 0 Å². The van der Waals surface area contributed by atoms with Gasteiger partial charge in [-0.1, -0.05) is 30.3 Å². The summed E-state index contributed by atoms with van der Waals surface area (Å²) in [6.07, 6.45) is 3.38. The summed E-state index contributed by atoms with van der Waals surface area (Å²) in [7, 11) is 2.97. The van der Waals surface area contributed by atoms with Gasteiger partial charge in [-0.2, -0.15) is 0 Å². The summed E-state index contributed by atoms with van der Waals surface area (Å²) in [5.74, 6) is -0.135. The average molecular weight is 352 g/mol. The fourth-order valence-electron chi connectivity index (χ4n) is 2.85. The Hall–Kier alpha value is -3.22. The first-order chi connectivity index (χ1) is 12.5. The molecule has 7 heteroatoms. The fraction of sp³-hybridized carbons (Fsp3) is 0.263. The molecule has 1 amide bonds. The highest BCUT2D eigenvalue weighted by atomic mass is 16.2. The zero-order valence-corrected chi connectivity index (χ0v) is 14.7. The molecule has 2 heterocycles. The Morgan fingerprint density at radius 1 is 1.12 bits per heavy atom. The lowest BCUT2D eigenvalue weighted by atomic mass is 10.1. The third-order valence-corrected chi connectivity index (χ3v) is 4.29. The van der Waals surface area contributed by atoms with Crippen molar-refractivity contribution in [1.82, 2.24) is 14.1 Å². The van der Waals surface area contributed by atoms with Crippen LogP contribution in [0.4, 0.5) is 5.69 Å². The standard InChI is InChI=1S/C19H20N4O3/c1-22-17-15(18(25)23(2)19(22)26)11-14(12-20-17)21-16(24)10-6-9-13-7-4-3-5-8-13/h3-5,7-8,11-12H,6,9-10H2,1-2H3,(H,21,24). The number of aromatic nitrogens is 3. The Balaban J connectivity index is 1.72. The van der Waals surface area contributed by atoms with Crippen LogP contribution < -0.4 is 16.6 Å². The minimum absolute atomic E-state index is 0.135. The van der Waals surface area contributed by atoms with Crippen LogP contribution in [0, 0.1) is 0 Å². The molecule has 3 rings (SSSR count). The molecule has 0 spiro atoms. The zero-order valence-electron chi connectivity index (χ0n) is 14.7. The van der Waals surface area contributed by atoms with Gasteiger partial charge in [0, 0.05) is 20.5 Å². The maximum absolute atomic E-state index is 12.3. The quantitative estimate of drug-likeness (QED) is 0.756. The lowest BCUT2D eigenvalue weighted by Crippen LogP contribution is -2.37. The molecule has 1 N–H and O–H groups in total. The van der Waals surface area contributed by atoms with Crippen LogP contribution in [-0.4, -0.2) is 20.0 Å². The predicted molar refractivity (Wildman–Crippen MR) is 100 cm³/mol. The Morgan fingerprint density at radius 3 is 2.58 bits per heavy atom. The molecule has 1 aromatic carbocycles. The molecule has 3 aromatic rings. The second-order valence-electron chi connectivity index (χ2n) is 6.19. The van der Waals surface area contributed by atoms with E-state index in [0.29, 0.717) is 17.8 Å². The summed E-state index contributed by atoms with van der Waals surface area (Å²) >= 11 is 0. The summed E-state index contributed by atoms with van der Waals surface area (Å²) in [5.41, 5.74) is 1.05. The number of carbonyl (C=O) groups excluding carboxylic acids is 1. The molecular weight excluding hydrogens is 332 g/mol. The number of hydrogen-bond acceptors (Lipinski definition) is 4. The molecule has 134 valence electrons. The van der Waals surface area contributed by atoms with Crippen molar-refractivity contribution < 1.29 is 4.79 Å². The van der Waals surface area contributed by atoms with E-state index in [0.717, 1.165) is 17.4 Å². The molecule has 0 aliphatic carbocycles. The Morgan fingerprint density at radius 2 is 1.85 bits per heavy atom. The van der Waals surface area contributed by atoms with Gasteiger partial charge >= 0.3 is 5.69 Å². The molecule has 0 bridgehead atoms. The van der Waals surface area contributed by atoms with Crippen LogP contribution in [0.5, 0.6) is 0 Å². The van der Waals surface area contributed by atoms with E-state index in [2.05, 4.69) is 10.3 Å². The van der Waals surface area contributed by atoms with Crippen LogP contribution in [-0.2, 0) is 25.3 Å². The molecular formula is C19H20N4O3. The van der Waals surface area contributed by atoms with E-state index in [-0.39, 0.29) is 11.3 Å². The predicted octanol–water partition coefficient (Wildman–Crippen LogP) is 1.59. The van der Waals surface area contributed by atoms with E-state index in [9.17, 15) is 14.4 Å². The summed E-state index contributed by atoms with van der Waals surface area (Å²) in [6, 6.07) is 11.5. The fourth-order valence-corrected chi connectivity index (χ4v) is 2.85. The van der Waals surface area contributed by atoms with Crippen molar-refractivity contribution in [1.29, 1.82) is 0 Å². The molecule has 0 atom stereocenters. The van der Waals surface area contributed by atoms with Gasteiger partial charge in [0.15, 0.2) is 0 Å². The van der Waals surface area contributed by atoms with E-state index in [1.165, 1.54) is 23.4 Å². The number of fused-ring (bicyclic) bond motifs is 1. The molecule has 0 aliphatic heterocycles. The number of nitrogens with zero attached hydrogens (tertiary/aromatic N) is 3. The van der Waals surface area contributed by atoms with Crippen LogP contribution in [0.3, 0.4) is 0 Å². The average Bonchev–Trinajstić information content (AvgIpc) is 2.65. The third kappa shape index (κ3) is 3.56. The first kappa shape index (κ1) is 17.6. The molecule has 2 aromatic heterocycles. The van der Waals surface area contributed by atoms with Gasteiger partial charge in [0.05, 0.1) is 17.3 Å². The van der Waals surface area contributed by atoms with Crippen molar-refractivity contribution in [2.75, 3.05) is 5.32 Å². The number of aryl methyl sites for hydroxylation is 2. The van der Waals surface area contributed by atoms with Gasteiger partial charge in [0.1, 0.15) is 5.65 Å². The first-order valence-corrected chi connectivity index (χ1v) is 8.37. The van der Waals surface area contributed by atoms with Gasteiger partial charge in [-0.05, 0) is 24.5 Å². The highest BCUT2D eigenvalue weighted by Gasteiger charge is 2.11. The number of rotatable bonds is 5. The number of hydrogen-bond donors (Lipinski definition) is 1. The number of benzene rings is 1. The highest BCUT2D eigenvalue weighted by molar-refractivity contribution is 5.92. The molecule has 0 saturated heterocycles. The van der Waals surface area contributed by atoms with E-state index < -0.39 is 11.2 Å². The minimum Gasteiger partial charge on any atom is -0.325 e. The van der Waals surface area contributed by atoms with Gasteiger partial charge in [0.25, 0.3) is 5.56 Å². The Kier molecular flexibility index (Phi) is 4.97. The highest BCUT2D eigenvalue weighted by Crippen LogP contribution is 2.13. The first-order valence-electron chi connectivity index (χ1n) is 8.37. The maximum Gasteiger partial charge on any atom is 0.332 e. The van der Waals surface area contributed by atoms with Gasteiger partial charge < -0.3 is 5.32 Å². The minimum atomic E-state index is -0.437. The Labute approximate surface area is 149 Å².